The second-order valence-electron chi connectivity index (χ2n) is 7.34. The van der Waals surface area contributed by atoms with Crippen LogP contribution in [0.1, 0.15) is 37.2 Å². The van der Waals surface area contributed by atoms with Crippen molar-refractivity contribution >= 4 is 17.5 Å². The van der Waals surface area contributed by atoms with Crippen LogP contribution in [0.3, 0.4) is 0 Å². The summed E-state index contributed by atoms with van der Waals surface area (Å²) in [5, 5.41) is 3.50. The van der Waals surface area contributed by atoms with E-state index in [1.165, 1.54) is 0 Å². The van der Waals surface area contributed by atoms with Gasteiger partial charge in [-0.3, -0.25) is 4.90 Å². The minimum Gasteiger partial charge on any atom is -0.493 e. The summed E-state index contributed by atoms with van der Waals surface area (Å²) >= 11 is 0. The van der Waals surface area contributed by atoms with E-state index < -0.39 is 6.03 Å². The molecule has 0 saturated heterocycles. The number of nitrogens with zero attached hydrogens (tertiary/aromatic N) is 3. The van der Waals surface area contributed by atoms with Gasteiger partial charge in [-0.15, -0.1) is 0 Å². The number of carbonyl (C=O) groups excluding carboxylic acids is 1. The normalized spacial score (nSPS) is 18.8. The lowest BCUT2D eigenvalue weighted by molar-refractivity contribution is 0.248. The topological polar surface area (TPSA) is 103 Å². The number of urea groups is 1. The van der Waals surface area contributed by atoms with Crippen molar-refractivity contribution in [1.29, 1.82) is 0 Å². The van der Waals surface area contributed by atoms with Gasteiger partial charge < -0.3 is 20.5 Å². The first kappa shape index (κ1) is 20.7. The van der Waals surface area contributed by atoms with Crippen molar-refractivity contribution in [3.63, 3.8) is 0 Å². The fourth-order valence-corrected chi connectivity index (χ4v) is 3.97. The van der Waals surface area contributed by atoms with E-state index in [4.69, 9.17) is 15.2 Å². The van der Waals surface area contributed by atoms with Gasteiger partial charge in [0.1, 0.15) is 11.6 Å². The predicted octanol–water partition coefficient (Wildman–Crippen LogP) is 3.42. The molecule has 1 aliphatic rings. The van der Waals surface area contributed by atoms with Gasteiger partial charge in [0.15, 0.2) is 11.5 Å². The molecule has 2 amide bonds. The fourth-order valence-electron chi connectivity index (χ4n) is 3.97. The van der Waals surface area contributed by atoms with Gasteiger partial charge in [0.05, 0.1) is 14.2 Å². The number of aromatic nitrogens is 2. The van der Waals surface area contributed by atoms with E-state index in [-0.39, 0.29) is 6.04 Å². The van der Waals surface area contributed by atoms with Crippen molar-refractivity contribution in [2.45, 2.75) is 51.6 Å². The summed E-state index contributed by atoms with van der Waals surface area (Å²) in [7, 11) is 3.15. The number of rotatable bonds is 6. The molecule has 0 spiro atoms. The molecule has 1 aromatic heterocycles. The molecule has 2 aromatic rings. The summed E-state index contributed by atoms with van der Waals surface area (Å²) in [6, 6.07) is 7.26. The Morgan fingerprint density at radius 2 is 1.76 bits per heavy atom. The molecule has 1 fully saturated rings. The van der Waals surface area contributed by atoms with Crippen LogP contribution in [0, 0.1) is 13.8 Å². The fraction of sp³-hybridized carbons (Fsp3) is 0.476. The second kappa shape index (κ2) is 8.98. The van der Waals surface area contributed by atoms with Crippen LogP contribution in [-0.4, -0.2) is 42.3 Å². The lowest BCUT2D eigenvalue weighted by Crippen LogP contribution is -2.46. The summed E-state index contributed by atoms with van der Waals surface area (Å²) in [5.74, 6) is 2.80. The smallest absolute Gasteiger partial charge is 0.319 e. The largest absolute Gasteiger partial charge is 0.493 e. The highest BCUT2D eigenvalue weighted by Crippen LogP contribution is 2.35. The molecular weight excluding hydrogens is 370 g/mol. The van der Waals surface area contributed by atoms with E-state index in [2.05, 4.69) is 15.3 Å². The van der Waals surface area contributed by atoms with Gasteiger partial charge in [-0.2, -0.15) is 0 Å². The first-order chi connectivity index (χ1) is 13.9. The maximum absolute atomic E-state index is 12.2. The minimum absolute atomic E-state index is 0.0394. The Morgan fingerprint density at radius 1 is 1.07 bits per heavy atom. The Morgan fingerprint density at radius 3 is 2.34 bits per heavy atom. The molecule has 3 N–H and O–H groups in total. The highest BCUT2D eigenvalue weighted by atomic mass is 16.5. The number of carbonyl (C=O) groups is 1. The van der Waals surface area contributed by atoms with Gasteiger partial charge in [0.25, 0.3) is 0 Å². The monoisotopic (exact) mass is 399 g/mol. The molecule has 0 bridgehead atoms. The first-order valence-corrected chi connectivity index (χ1v) is 9.80. The number of amides is 2. The highest BCUT2D eigenvalue weighted by molar-refractivity contribution is 5.91. The van der Waals surface area contributed by atoms with Crippen LogP contribution in [0.5, 0.6) is 11.5 Å². The maximum atomic E-state index is 12.2. The molecule has 1 aliphatic carbocycles. The Labute approximate surface area is 171 Å². The van der Waals surface area contributed by atoms with Gasteiger partial charge >= 0.3 is 6.03 Å². The van der Waals surface area contributed by atoms with Crippen molar-refractivity contribution in [3.05, 3.63) is 35.8 Å². The molecular formula is C21H29N5O3. The Balaban J connectivity index is 1.69. The lowest BCUT2D eigenvalue weighted by atomic mass is 9.90. The van der Waals surface area contributed by atoms with Gasteiger partial charge in [-0.1, -0.05) is 0 Å². The number of benzene rings is 1. The highest BCUT2D eigenvalue weighted by Gasteiger charge is 2.29. The Kier molecular flexibility index (Phi) is 6.41. The molecule has 0 radical (unpaired) electrons. The van der Waals surface area contributed by atoms with Gasteiger partial charge in [0, 0.05) is 35.6 Å². The van der Waals surface area contributed by atoms with Gasteiger partial charge in [-0.05, 0) is 51.7 Å². The quantitative estimate of drug-likeness (QED) is 0.772. The third-order valence-corrected chi connectivity index (χ3v) is 5.26. The number of nitrogens with one attached hydrogen (secondary N) is 1. The van der Waals surface area contributed by atoms with E-state index >= 15 is 0 Å². The molecule has 8 nitrogen and oxygen atoms in total. The summed E-state index contributed by atoms with van der Waals surface area (Å²) in [4.78, 5) is 22.7. The standard InChI is InChI=1S/C21H29N5O3/c1-13-11-20(24-14(2)23-13)25-15-5-7-16(8-6-15)26(21(22)27)17-9-10-18(28-3)19(12-17)29-4/h9-12,15-16H,5-8H2,1-4H3,(H2,22,27)(H,23,24,25). The summed E-state index contributed by atoms with van der Waals surface area (Å²) in [6.45, 7) is 3.85. The molecule has 29 heavy (non-hydrogen) atoms. The van der Waals surface area contributed by atoms with Crippen LogP contribution in [0.15, 0.2) is 24.3 Å². The summed E-state index contributed by atoms with van der Waals surface area (Å²) < 4.78 is 10.7. The number of nitrogens with two attached hydrogens (primary N) is 1. The Bertz CT molecular complexity index is 845. The first-order valence-electron chi connectivity index (χ1n) is 9.80. The predicted molar refractivity (Wildman–Crippen MR) is 113 cm³/mol. The van der Waals surface area contributed by atoms with E-state index in [1.54, 1.807) is 31.3 Å². The number of aryl methyl sites for hydroxylation is 2. The number of anilines is 2. The maximum Gasteiger partial charge on any atom is 0.319 e. The van der Waals surface area contributed by atoms with E-state index in [0.29, 0.717) is 23.2 Å². The molecule has 156 valence electrons. The molecule has 3 rings (SSSR count). The van der Waals surface area contributed by atoms with Crippen molar-refractivity contribution in [2.75, 3.05) is 24.4 Å². The molecule has 8 heteroatoms. The SMILES string of the molecule is COc1ccc(N(C(N)=O)C2CCC(Nc3cc(C)nc(C)n3)CC2)cc1OC. The molecule has 0 aliphatic heterocycles. The average Bonchev–Trinajstić information content (AvgIpc) is 2.68. The molecule has 1 heterocycles. The van der Waals surface area contributed by atoms with Crippen molar-refractivity contribution in [2.24, 2.45) is 5.73 Å². The number of hydrogen-bond donors (Lipinski definition) is 2. The zero-order valence-electron chi connectivity index (χ0n) is 17.4. The average molecular weight is 399 g/mol. The van der Waals surface area contributed by atoms with E-state index in [0.717, 1.165) is 43.0 Å². The molecule has 0 unspecified atom stereocenters. The number of primary amides is 1. The minimum atomic E-state index is -0.462. The summed E-state index contributed by atoms with van der Waals surface area (Å²) in [6.07, 6.45) is 3.53. The molecule has 1 aromatic carbocycles. The van der Waals surface area contributed by atoms with Gasteiger partial charge in [-0.25, -0.2) is 14.8 Å². The van der Waals surface area contributed by atoms with E-state index in [1.807, 2.05) is 26.0 Å². The second-order valence-corrected chi connectivity index (χ2v) is 7.34. The third kappa shape index (κ3) is 4.88. The number of hydrogen-bond acceptors (Lipinski definition) is 6. The molecule has 0 atom stereocenters. The summed E-state index contributed by atoms with van der Waals surface area (Å²) in [5.41, 5.74) is 7.40. The van der Waals surface area contributed by atoms with Crippen LogP contribution < -0.4 is 25.4 Å². The third-order valence-electron chi connectivity index (χ3n) is 5.26. The van der Waals surface area contributed by atoms with E-state index in [9.17, 15) is 4.79 Å². The zero-order valence-corrected chi connectivity index (χ0v) is 17.4. The van der Waals surface area contributed by atoms with Crippen LogP contribution in [0.2, 0.25) is 0 Å². The molecule has 1 saturated carbocycles. The lowest BCUT2D eigenvalue weighted by Gasteiger charge is -2.36. The van der Waals surface area contributed by atoms with Gasteiger partial charge in [0.2, 0.25) is 0 Å². The zero-order chi connectivity index (χ0) is 21.0. The van der Waals surface area contributed by atoms with Crippen LogP contribution in [0.25, 0.3) is 0 Å². The van der Waals surface area contributed by atoms with Crippen molar-refractivity contribution in [1.82, 2.24) is 9.97 Å². The van der Waals surface area contributed by atoms with Crippen molar-refractivity contribution < 1.29 is 14.3 Å². The van der Waals surface area contributed by atoms with Crippen LogP contribution >= 0.6 is 0 Å². The number of ether oxygens (including phenoxy) is 2. The van der Waals surface area contributed by atoms with Crippen molar-refractivity contribution in [3.8, 4) is 11.5 Å². The Hall–Kier alpha value is -3.03. The van der Waals surface area contributed by atoms with Crippen LogP contribution in [-0.2, 0) is 0 Å². The number of methoxy groups -OCH3 is 2. The van der Waals surface area contributed by atoms with Crippen LogP contribution in [0.4, 0.5) is 16.3 Å².